The van der Waals surface area contributed by atoms with Crippen LogP contribution in [-0.4, -0.2) is 31.5 Å². The van der Waals surface area contributed by atoms with Gasteiger partial charge in [0, 0.05) is 37.3 Å². The van der Waals surface area contributed by atoms with E-state index in [1.54, 1.807) is 9.80 Å². The number of carbonyl (C=O) groups is 1. The third-order valence-electron chi connectivity index (χ3n) is 4.24. The first kappa shape index (κ1) is 14.3. The average Bonchev–Trinajstić information content (AvgIpc) is 2.47. The molecule has 1 aromatic carbocycles. The van der Waals surface area contributed by atoms with Gasteiger partial charge in [0.05, 0.1) is 6.54 Å². The lowest BCUT2D eigenvalue weighted by Crippen LogP contribution is -2.42. The van der Waals surface area contributed by atoms with Gasteiger partial charge in [0.1, 0.15) is 0 Å². The van der Waals surface area contributed by atoms with Crippen LogP contribution in [-0.2, 0) is 4.79 Å². The van der Waals surface area contributed by atoms with E-state index in [1.807, 2.05) is 24.3 Å². The molecule has 0 aliphatic carbocycles. The number of nitrogens with zero attached hydrogens (tertiary/aromatic N) is 2. The van der Waals surface area contributed by atoms with Gasteiger partial charge in [-0.05, 0) is 43.5 Å². The van der Waals surface area contributed by atoms with Gasteiger partial charge in [0.25, 0.3) is 5.92 Å². The highest BCUT2D eigenvalue weighted by Crippen LogP contribution is 2.31. The number of alkyl halides is 2. The molecule has 2 aliphatic rings. The Morgan fingerprint density at radius 2 is 1.67 bits per heavy atom. The second-order valence-electron chi connectivity index (χ2n) is 5.90. The molecule has 0 spiro atoms. The first-order valence-corrected chi connectivity index (χ1v) is 7.58. The Bertz CT molecular complexity index is 516. The highest BCUT2D eigenvalue weighted by molar-refractivity contribution is 5.94. The summed E-state index contributed by atoms with van der Waals surface area (Å²) in [5.41, 5.74) is 1.68. The molecule has 2 heterocycles. The van der Waals surface area contributed by atoms with Gasteiger partial charge in [-0.1, -0.05) is 0 Å². The lowest BCUT2D eigenvalue weighted by Gasteiger charge is -2.34. The summed E-state index contributed by atoms with van der Waals surface area (Å²) < 4.78 is 26.9. The predicted octanol–water partition coefficient (Wildman–Crippen LogP) is 3.44. The molecule has 0 bridgehead atoms. The van der Waals surface area contributed by atoms with Crippen LogP contribution in [0.5, 0.6) is 0 Å². The number of carbonyl (C=O) groups excluding carboxylic acids is 1. The van der Waals surface area contributed by atoms with E-state index in [2.05, 4.69) is 0 Å². The predicted molar refractivity (Wildman–Crippen MR) is 79.0 cm³/mol. The van der Waals surface area contributed by atoms with E-state index in [0.717, 1.165) is 30.8 Å². The van der Waals surface area contributed by atoms with E-state index in [0.29, 0.717) is 19.4 Å². The van der Waals surface area contributed by atoms with E-state index in [4.69, 9.17) is 0 Å². The molecule has 5 heteroatoms. The summed E-state index contributed by atoms with van der Waals surface area (Å²) in [7, 11) is 0. The third kappa shape index (κ3) is 3.17. The SMILES string of the molecule is O=C1CCCCN1c1ccc(N2CCCC(F)(F)C2)cc1. The summed E-state index contributed by atoms with van der Waals surface area (Å²) in [5.74, 6) is -2.45. The number of piperidine rings is 2. The van der Waals surface area contributed by atoms with Crippen molar-refractivity contribution in [2.75, 3.05) is 29.4 Å². The van der Waals surface area contributed by atoms with Crippen molar-refractivity contribution in [2.24, 2.45) is 0 Å². The Kier molecular flexibility index (Phi) is 3.83. The maximum absolute atomic E-state index is 13.5. The van der Waals surface area contributed by atoms with Crippen molar-refractivity contribution >= 4 is 17.3 Å². The Morgan fingerprint density at radius 3 is 2.33 bits per heavy atom. The van der Waals surface area contributed by atoms with Gasteiger partial charge in [-0.25, -0.2) is 8.78 Å². The molecule has 21 heavy (non-hydrogen) atoms. The number of hydrogen-bond acceptors (Lipinski definition) is 2. The Labute approximate surface area is 123 Å². The molecule has 0 N–H and O–H groups in total. The van der Waals surface area contributed by atoms with Crippen molar-refractivity contribution < 1.29 is 13.6 Å². The zero-order chi connectivity index (χ0) is 14.9. The van der Waals surface area contributed by atoms with Crippen LogP contribution >= 0.6 is 0 Å². The minimum absolute atomic E-state index is 0.0239. The molecule has 0 aromatic heterocycles. The molecule has 2 fully saturated rings. The largest absolute Gasteiger partial charge is 0.365 e. The smallest absolute Gasteiger partial charge is 0.265 e. The fourth-order valence-electron chi connectivity index (χ4n) is 3.11. The quantitative estimate of drug-likeness (QED) is 0.834. The normalized spacial score (nSPS) is 22.5. The van der Waals surface area contributed by atoms with Crippen LogP contribution in [0.4, 0.5) is 20.2 Å². The summed E-state index contributed by atoms with van der Waals surface area (Å²) in [6, 6.07) is 7.42. The second kappa shape index (κ2) is 5.62. The number of hydrogen-bond donors (Lipinski definition) is 0. The van der Waals surface area contributed by atoms with Gasteiger partial charge in [0.15, 0.2) is 0 Å². The lowest BCUT2D eigenvalue weighted by molar-refractivity contribution is -0.119. The Hall–Kier alpha value is -1.65. The molecular formula is C16H20F2N2O. The number of anilines is 2. The van der Waals surface area contributed by atoms with Crippen LogP contribution in [0, 0.1) is 0 Å². The third-order valence-corrected chi connectivity index (χ3v) is 4.24. The molecule has 2 aliphatic heterocycles. The molecule has 1 aromatic rings. The molecule has 1 amide bonds. The van der Waals surface area contributed by atoms with Crippen molar-refractivity contribution in [1.82, 2.24) is 0 Å². The fraction of sp³-hybridized carbons (Fsp3) is 0.562. The van der Waals surface area contributed by atoms with Crippen LogP contribution in [0.3, 0.4) is 0 Å². The summed E-state index contributed by atoms with van der Waals surface area (Å²) in [4.78, 5) is 15.4. The van der Waals surface area contributed by atoms with E-state index in [9.17, 15) is 13.6 Å². The van der Waals surface area contributed by atoms with Crippen LogP contribution in [0.25, 0.3) is 0 Å². The molecule has 2 saturated heterocycles. The average molecular weight is 294 g/mol. The van der Waals surface area contributed by atoms with Gasteiger partial charge in [0.2, 0.25) is 5.91 Å². The Morgan fingerprint density at radius 1 is 0.952 bits per heavy atom. The summed E-state index contributed by atoms with van der Waals surface area (Å²) in [6.07, 6.45) is 3.06. The lowest BCUT2D eigenvalue weighted by atomic mass is 10.1. The molecular weight excluding hydrogens is 274 g/mol. The Balaban J connectivity index is 1.73. The monoisotopic (exact) mass is 294 g/mol. The van der Waals surface area contributed by atoms with E-state index < -0.39 is 5.92 Å². The van der Waals surface area contributed by atoms with Crippen molar-refractivity contribution in [3.05, 3.63) is 24.3 Å². The van der Waals surface area contributed by atoms with E-state index in [1.165, 1.54) is 0 Å². The summed E-state index contributed by atoms with van der Waals surface area (Å²) >= 11 is 0. The zero-order valence-electron chi connectivity index (χ0n) is 12.0. The highest BCUT2D eigenvalue weighted by atomic mass is 19.3. The van der Waals surface area contributed by atoms with E-state index in [-0.39, 0.29) is 18.9 Å². The standard InChI is InChI=1S/C16H20F2N2O/c17-16(18)9-3-10-19(12-16)13-5-7-14(8-6-13)20-11-2-1-4-15(20)21/h5-8H,1-4,9-12H2. The van der Waals surface area contributed by atoms with Crippen molar-refractivity contribution in [3.63, 3.8) is 0 Å². The van der Waals surface area contributed by atoms with Crippen molar-refractivity contribution in [3.8, 4) is 0 Å². The van der Waals surface area contributed by atoms with Crippen LogP contribution < -0.4 is 9.80 Å². The molecule has 0 atom stereocenters. The first-order chi connectivity index (χ1) is 10.1. The van der Waals surface area contributed by atoms with Crippen LogP contribution in [0.2, 0.25) is 0 Å². The maximum atomic E-state index is 13.5. The summed E-state index contributed by atoms with van der Waals surface area (Å²) in [6.45, 7) is 1.20. The van der Waals surface area contributed by atoms with Gasteiger partial charge >= 0.3 is 0 Å². The van der Waals surface area contributed by atoms with Gasteiger partial charge < -0.3 is 9.80 Å². The second-order valence-corrected chi connectivity index (χ2v) is 5.90. The number of halogens is 2. The van der Waals surface area contributed by atoms with Crippen molar-refractivity contribution in [1.29, 1.82) is 0 Å². The number of benzene rings is 1. The minimum atomic E-state index is -2.60. The highest BCUT2D eigenvalue weighted by Gasteiger charge is 2.35. The summed E-state index contributed by atoms with van der Waals surface area (Å²) in [5, 5.41) is 0. The minimum Gasteiger partial charge on any atom is -0.365 e. The number of amides is 1. The first-order valence-electron chi connectivity index (χ1n) is 7.58. The van der Waals surface area contributed by atoms with Crippen LogP contribution in [0.15, 0.2) is 24.3 Å². The van der Waals surface area contributed by atoms with E-state index >= 15 is 0 Å². The van der Waals surface area contributed by atoms with Gasteiger partial charge in [-0.2, -0.15) is 0 Å². The molecule has 3 nitrogen and oxygen atoms in total. The molecule has 0 radical (unpaired) electrons. The number of rotatable bonds is 2. The van der Waals surface area contributed by atoms with Crippen LogP contribution in [0.1, 0.15) is 32.1 Å². The molecule has 0 saturated carbocycles. The van der Waals surface area contributed by atoms with Gasteiger partial charge in [-0.3, -0.25) is 4.79 Å². The molecule has 3 rings (SSSR count). The van der Waals surface area contributed by atoms with Crippen molar-refractivity contribution in [2.45, 2.75) is 38.0 Å². The topological polar surface area (TPSA) is 23.6 Å². The zero-order valence-corrected chi connectivity index (χ0v) is 12.0. The molecule has 114 valence electrons. The molecule has 0 unspecified atom stereocenters. The van der Waals surface area contributed by atoms with Gasteiger partial charge in [-0.15, -0.1) is 0 Å². The maximum Gasteiger partial charge on any atom is 0.265 e. The fourth-order valence-corrected chi connectivity index (χ4v) is 3.11.